The molecule has 2 rings (SSSR count). The Kier molecular flexibility index (Phi) is 6.01. The van der Waals surface area contributed by atoms with Crippen LogP contribution in [0.15, 0.2) is 29.1 Å². The van der Waals surface area contributed by atoms with Crippen molar-refractivity contribution in [1.82, 2.24) is 15.1 Å². The maximum atomic E-state index is 12.5. The Morgan fingerprint density at radius 2 is 1.85 bits per heavy atom. The molecule has 0 saturated heterocycles. The molecule has 0 saturated carbocycles. The average Bonchev–Trinajstić information content (AvgIpc) is 2.55. The number of alkyl halides is 2. The SMILES string of the molecule is CC(C)Cn1nc(C(=O)NC(CC(F)F)C(=O)O)c2ccccc2c1=O. The summed E-state index contributed by atoms with van der Waals surface area (Å²) in [7, 11) is 0. The quantitative estimate of drug-likeness (QED) is 0.778. The second-order valence-electron chi connectivity index (χ2n) is 6.27. The molecule has 1 atom stereocenters. The summed E-state index contributed by atoms with van der Waals surface area (Å²) < 4.78 is 26.2. The number of nitrogens with one attached hydrogen (secondary N) is 1. The molecular weight excluding hydrogens is 348 g/mol. The summed E-state index contributed by atoms with van der Waals surface area (Å²) >= 11 is 0. The Morgan fingerprint density at radius 1 is 1.23 bits per heavy atom. The number of amides is 1. The normalized spacial score (nSPS) is 12.5. The highest BCUT2D eigenvalue weighted by molar-refractivity contribution is 6.05. The fourth-order valence-corrected chi connectivity index (χ4v) is 2.50. The largest absolute Gasteiger partial charge is 0.480 e. The van der Waals surface area contributed by atoms with E-state index in [1.165, 1.54) is 12.1 Å². The number of hydrogen-bond acceptors (Lipinski definition) is 4. The van der Waals surface area contributed by atoms with Crippen LogP contribution in [0.2, 0.25) is 0 Å². The number of halogens is 2. The van der Waals surface area contributed by atoms with E-state index in [-0.39, 0.29) is 34.5 Å². The van der Waals surface area contributed by atoms with Crippen molar-refractivity contribution in [2.24, 2.45) is 5.92 Å². The molecule has 7 nitrogen and oxygen atoms in total. The highest BCUT2D eigenvalue weighted by Crippen LogP contribution is 2.15. The van der Waals surface area contributed by atoms with Crippen molar-refractivity contribution in [3.63, 3.8) is 0 Å². The molecule has 140 valence electrons. The summed E-state index contributed by atoms with van der Waals surface area (Å²) in [5.41, 5.74) is -0.561. The van der Waals surface area contributed by atoms with Gasteiger partial charge in [-0.2, -0.15) is 5.10 Å². The number of carbonyl (C=O) groups excluding carboxylic acids is 1. The number of aromatic nitrogens is 2. The van der Waals surface area contributed by atoms with E-state index in [4.69, 9.17) is 5.11 Å². The van der Waals surface area contributed by atoms with E-state index in [1.807, 2.05) is 13.8 Å². The van der Waals surface area contributed by atoms with E-state index in [1.54, 1.807) is 12.1 Å². The lowest BCUT2D eigenvalue weighted by molar-refractivity contribution is -0.140. The zero-order valence-electron chi connectivity index (χ0n) is 14.3. The lowest BCUT2D eigenvalue weighted by Gasteiger charge is -2.16. The summed E-state index contributed by atoms with van der Waals surface area (Å²) in [6.45, 7) is 3.99. The van der Waals surface area contributed by atoms with Gasteiger partial charge in [-0.25, -0.2) is 18.3 Å². The van der Waals surface area contributed by atoms with E-state index in [9.17, 15) is 23.2 Å². The van der Waals surface area contributed by atoms with E-state index < -0.39 is 30.8 Å². The zero-order chi connectivity index (χ0) is 19.4. The summed E-state index contributed by atoms with van der Waals surface area (Å²) in [4.78, 5) is 36.1. The third-order valence-electron chi connectivity index (χ3n) is 3.64. The van der Waals surface area contributed by atoms with Crippen LogP contribution in [0.4, 0.5) is 8.78 Å². The van der Waals surface area contributed by atoms with Crippen molar-refractivity contribution in [1.29, 1.82) is 0 Å². The van der Waals surface area contributed by atoms with Gasteiger partial charge < -0.3 is 10.4 Å². The van der Waals surface area contributed by atoms with E-state index in [0.717, 1.165) is 4.68 Å². The van der Waals surface area contributed by atoms with Crippen LogP contribution < -0.4 is 10.9 Å². The van der Waals surface area contributed by atoms with E-state index in [2.05, 4.69) is 10.4 Å². The summed E-state index contributed by atoms with van der Waals surface area (Å²) in [5, 5.41) is 15.6. The Hall–Kier alpha value is -2.84. The van der Waals surface area contributed by atoms with Crippen LogP contribution in [-0.2, 0) is 11.3 Å². The number of rotatable bonds is 7. The van der Waals surface area contributed by atoms with Crippen molar-refractivity contribution in [2.45, 2.75) is 39.3 Å². The molecule has 0 bridgehead atoms. The van der Waals surface area contributed by atoms with Gasteiger partial charge in [-0.15, -0.1) is 0 Å². The number of nitrogens with zero attached hydrogens (tertiary/aromatic N) is 2. The molecule has 1 aromatic carbocycles. The molecule has 1 aromatic heterocycles. The number of fused-ring (bicyclic) bond motifs is 1. The zero-order valence-corrected chi connectivity index (χ0v) is 14.3. The van der Waals surface area contributed by atoms with Crippen LogP contribution >= 0.6 is 0 Å². The molecule has 26 heavy (non-hydrogen) atoms. The first-order valence-corrected chi connectivity index (χ1v) is 8.02. The summed E-state index contributed by atoms with van der Waals surface area (Å²) in [6.07, 6.45) is -3.92. The van der Waals surface area contributed by atoms with Gasteiger partial charge in [-0.05, 0) is 12.0 Å². The Morgan fingerprint density at radius 3 is 2.38 bits per heavy atom. The number of carbonyl (C=O) groups is 2. The van der Waals surface area contributed by atoms with Crippen LogP contribution in [0.3, 0.4) is 0 Å². The number of aliphatic carboxylic acids is 1. The highest BCUT2D eigenvalue weighted by Gasteiger charge is 2.26. The topological polar surface area (TPSA) is 101 Å². The minimum atomic E-state index is -2.89. The molecule has 1 amide bonds. The maximum absolute atomic E-state index is 12.5. The fraction of sp³-hybridized carbons (Fsp3) is 0.412. The first kappa shape index (κ1) is 19.5. The van der Waals surface area contributed by atoms with Crippen molar-refractivity contribution < 1.29 is 23.5 Å². The Labute approximate surface area is 147 Å². The second kappa shape index (κ2) is 8.03. The smallest absolute Gasteiger partial charge is 0.326 e. The minimum absolute atomic E-state index is 0.0721. The number of benzene rings is 1. The monoisotopic (exact) mass is 367 g/mol. The van der Waals surface area contributed by atoms with Crippen molar-refractivity contribution in [2.75, 3.05) is 0 Å². The molecule has 1 heterocycles. The highest BCUT2D eigenvalue weighted by atomic mass is 19.3. The molecule has 2 N–H and O–H groups in total. The Bertz CT molecular complexity index is 880. The van der Waals surface area contributed by atoms with Gasteiger partial charge in [0, 0.05) is 18.4 Å². The first-order chi connectivity index (χ1) is 12.2. The first-order valence-electron chi connectivity index (χ1n) is 8.02. The van der Waals surface area contributed by atoms with Crippen LogP contribution in [-0.4, -0.2) is 39.2 Å². The van der Waals surface area contributed by atoms with E-state index in [0.29, 0.717) is 0 Å². The van der Waals surface area contributed by atoms with Gasteiger partial charge in [0.1, 0.15) is 6.04 Å². The van der Waals surface area contributed by atoms with Crippen LogP contribution in [0.25, 0.3) is 10.8 Å². The van der Waals surface area contributed by atoms with Crippen LogP contribution in [0.1, 0.15) is 30.8 Å². The van der Waals surface area contributed by atoms with Crippen molar-refractivity contribution in [3.8, 4) is 0 Å². The van der Waals surface area contributed by atoms with Gasteiger partial charge >= 0.3 is 5.97 Å². The molecular formula is C17H19F2N3O4. The molecule has 0 aliphatic carbocycles. The molecule has 0 aliphatic heterocycles. The van der Waals surface area contributed by atoms with Crippen molar-refractivity contribution in [3.05, 3.63) is 40.3 Å². The van der Waals surface area contributed by atoms with Gasteiger partial charge in [-0.1, -0.05) is 32.0 Å². The summed E-state index contributed by atoms with van der Waals surface area (Å²) in [5.74, 6) is -2.42. The fourth-order valence-electron chi connectivity index (χ4n) is 2.50. The van der Waals surface area contributed by atoms with Gasteiger partial charge in [0.25, 0.3) is 11.5 Å². The summed E-state index contributed by atoms with van der Waals surface area (Å²) in [6, 6.07) is 4.50. The number of hydrogen-bond donors (Lipinski definition) is 2. The maximum Gasteiger partial charge on any atom is 0.326 e. The predicted molar refractivity (Wildman–Crippen MR) is 90.4 cm³/mol. The van der Waals surface area contributed by atoms with Crippen LogP contribution in [0.5, 0.6) is 0 Å². The van der Waals surface area contributed by atoms with Crippen LogP contribution in [0, 0.1) is 5.92 Å². The van der Waals surface area contributed by atoms with Gasteiger partial charge in [0.2, 0.25) is 6.43 Å². The molecule has 9 heteroatoms. The van der Waals surface area contributed by atoms with Gasteiger partial charge in [-0.3, -0.25) is 9.59 Å². The Balaban J connectivity index is 2.50. The van der Waals surface area contributed by atoms with Gasteiger partial charge in [0.15, 0.2) is 5.69 Å². The minimum Gasteiger partial charge on any atom is -0.480 e. The standard InChI is InChI=1S/C17H19F2N3O4/c1-9(2)8-22-16(24)11-6-4-3-5-10(11)14(21-22)15(23)20-12(17(25)26)7-13(18)19/h3-6,9,12-13H,7-8H2,1-2H3,(H,20,23)(H,25,26). The average molecular weight is 367 g/mol. The van der Waals surface area contributed by atoms with E-state index >= 15 is 0 Å². The lowest BCUT2D eigenvalue weighted by atomic mass is 10.1. The third-order valence-corrected chi connectivity index (χ3v) is 3.64. The number of carboxylic acids is 1. The molecule has 0 radical (unpaired) electrons. The van der Waals surface area contributed by atoms with Gasteiger partial charge in [0.05, 0.1) is 5.39 Å². The molecule has 0 fully saturated rings. The predicted octanol–water partition coefficient (Wildman–Crippen LogP) is 1.89. The molecule has 0 aliphatic rings. The van der Waals surface area contributed by atoms with Crippen molar-refractivity contribution >= 4 is 22.6 Å². The molecule has 0 spiro atoms. The third kappa shape index (κ3) is 4.41. The lowest BCUT2D eigenvalue weighted by Crippen LogP contribution is -2.43. The molecule has 2 aromatic rings. The number of carboxylic acid groups (broad SMARTS) is 1. The molecule has 1 unspecified atom stereocenters. The second-order valence-corrected chi connectivity index (χ2v) is 6.27.